The van der Waals surface area contributed by atoms with Crippen molar-refractivity contribution in [2.24, 2.45) is 0 Å². The van der Waals surface area contributed by atoms with E-state index in [2.05, 4.69) is 5.32 Å². The summed E-state index contributed by atoms with van der Waals surface area (Å²) in [6, 6.07) is -0.282. The number of amidine groups is 1. The molecule has 2 heterocycles. The zero-order chi connectivity index (χ0) is 10.8. The molecule has 2 amide bonds. The molecule has 3 N–H and O–H groups in total. The largest absolute Gasteiger partial charge is 0.393 e. The van der Waals surface area contributed by atoms with Crippen LogP contribution in [0.15, 0.2) is 0 Å². The van der Waals surface area contributed by atoms with Crippen molar-refractivity contribution in [2.45, 2.75) is 18.1 Å². The molecule has 7 heteroatoms. The highest BCUT2D eigenvalue weighted by Crippen LogP contribution is 2.27. The van der Waals surface area contributed by atoms with Crippen LogP contribution in [0.1, 0.15) is 6.42 Å². The van der Waals surface area contributed by atoms with Crippen molar-refractivity contribution in [1.29, 1.82) is 5.41 Å². The van der Waals surface area contributed by atoms with Crippen molar-refractivity contribution in [3.63, 3.8) is 0 Å². The second-order valence-corrected chi connectivity index (χ2v) is 4.58. The second kappa shape index (κ2) is 4.38. The molecule has 0 aromatic rings. The van der Waals surface area contributed by atoms with E-state index in [1.807, 2.05) is 0 Å². The lowest BCUT2D eigenvalue weighted by molar-refractivity contribution is -0.0367. The van der Waals surface area contributed by atoms with Crippen LogP contribution in [0, 0.1) is 5.41 Å². The van der Waals surface area contributed by atoms with E-state index in [0.29, 0.717) is 18.7 Å². The van der Waals surface area contributed by atoms with Gasteiger partial charge in [0, 0.05) is 18.7 Å². The van der Waals surface area contributed by atoms with Crippen LogP contribution in [0.2, 0.25) is 0 Å². The smallest absolute Gasteiger partial charge is 0.324 e. The second-order valence-electron chi connectivity index (χ2n) is 3.39. The van der Waals surface area contributed by atoms with Gasteiger partial charge in [-0.3, -0.25) is 15.6 Å². The van der Waals surface area contributed by atoms with Crippen molar-refractivity contribution in [1.82, 2.24) is 10.2 Å². The van der Waals surface area contributed by atoms with Gasteiger partial charge in [0.25, 0.3) is 0 Å². The molecule has 2 rings (SSSR count). The van der Waals surface area contributed by atoms with Crippen LogP contribution in [-0.4, -0.2) is 52.4 Å². The number of thioether (sulfide) groups is 1. The molecule has 0 aliphatic carbocycles. The standard InChI is InChI=1S/C8H13N3O3S/c9-5-1-2-11(8(13)10-5)6-4-15-7(3-12)14-6/h6-7,12H,1-4H2,(H2,9,10,13)/t6-,7-/m0/s1. The maximum absolute atomic E-state index is 11.5. The predicted octanol–water partition coefficient (Wildman–Crippen LogP) is -0.213. The van der Waals surface area contributed by atoms with Gasteiger partial charge in [-0.1, -0.05) is 0 Å². The Bertz CT molecular complexity index is 286. The molecular weight excluding hydrogens is 218 g/mol. The number of carbonyl (C=O) groups is 1. The number of urea groups is 1. The van der Waals surface area contributed by atoms with Crippen LogP contribution in [-0.2, 0) is 4.74 Å². The highest BCUT2D eigenvalue weighted by molar-refractivity contribution is 8.00. The number of aliphatic hydroxyl groups is 1. The number of rotatable bonds is 2. The van der Waals surface area contributed by atoms with Crippen molar-refractivity contribution in [3.8, 4) is 0 Å². The molecule has 0 aromatic heterocycles. The molecule has 6 nitrogen and oxygen atoms in total. The molecule has 0 unspecified atom stereocenters. The topological polar surface area (TPSA) is 85.7 Å². The minimum absolute atomic E-state index is 0.0353. The summed E-state index contributed by atoms with van der Waals surface area (Å²) in [5.41, 5.74) is -0.232. The highest BCUT2D eigenvalue weighted by Gasteiger charge is 2.34. The van der Waals surface area contributed by atoms with Gasteiger partial charge in [0.2, 0.25) is 0 Å². The number of hydrogen-bond donors (Lipinski definition) is 3. The number of aliphatic hydroxyl groups excluding tert-OH is 1. The van der Waals surface area contributed by atoms with Crippen LogP contribution < -0.4 is 5.32 Å². The molecule has 0 aromatic carbocycles. The average Bonchev–Trinajstić information content (AvgIpc) is 2.66. The summed E-state index contributed by atoms with van der Waals surface area (Å²) in [5, 5.41) is 18.7. The quantitative estimate of drug-likeness (QED) is 0.613. The van der Waals surface area contributed by atoms with Gasteiger partial charge in [0.15, 0.2) is 0 Å². The number of hydrogen-bond acceptors (Lipinski definition) is 5. The summed E-state index contributed by atoms with van der Waals surface area (Å²) in [7, 11) is 0. The van der Waals surface area contributed by atoms with Gasteiger partial charge in [-0.15, -0.1) is 11.8 Å². The summed E-state index contributed by atoms with van der Waals surface area (Å²) >= 11 is 1.50. The van der Waals surface area contributed by atoms with E-state index in [1.54, 1.807) is 4.90 Å². The Balaban J connectivity index is 1.94. The van der Waals surface area contributed by atoms with E-state index in [9.17, 15) is 4.79 Å². The molecular formula is C8H13N3O3S. The Morgan fingerprint density at radius 2 is 2.53 bits per heavy atom. The Morgan fingerprint density at radius 1 is 1.73 bits per heavy atom. The first-order valence-electron chi connectivity index (χ1n) is 4.73. The molecule has 2 aliphatic heterocycles. The SMILES string of the molecule is N=C1CCN([C@@H]2CS[C@@H](CO)O2)C(=O)N1. The number of nitrogens with zero attached hydrogens (tertiary/aromatic N) is 1. The van der Waals surface area contributed by atoms with Gasteiger partial charge >= 0.3 is 6.03 Å². The molecule has 0 radical (unpaired) electrons. The fourth-order valence-electron chi connectivity index (χ4n) is 1.57. The van der Waals surface area contributed by atoms with Crippen molar-refractivity contribution in [2.75, 3.05) is 18.9 Å². The normalized spacial score (nSPS) is 31.9. The maximum Gasteiger partial charge on any atom is 0.324 e. The van der Waals surface area contributed by atoms with Gasteiger partial charge in [0.1, 0.15) is 17.5 Å². The third-order valence-corrected chi connectivity index (χ3v) is 3.46. The molecule has 84 valence electrons. The van der Waals surface area contributed by atoms with Gasteiger partial charge in [0.05, 0.1) is 6.61 Å². The third-order valence-electron chi connectivity index (χ3n) is 2.35. The van der Waals surface area contributed by atoms with Crippen molar-refractivity contribution < 1.29 is 14.6 Å². The molecule has 0 spiro atoms. The monoisotopic (exact) mass is 231 g/mol. The Morgan fingerprint density at radius 3 is 3.13 bits per heavy atom. The summed E-state index contributed by atoms with van der Waals surface area (Å²) in [6.45, 7) is 0.473. The summed E-state index contributed by atoms with van der Waals surface area (Å²) < 4.78 is 5.46. The van der Waals surface area contributed by atoms with E-state index in [1.165, 1.54) is 11.8 Å². The average molecular weight is 231 g/mol. The Kier molecular flexibility index (Phi) is 3.13. The predicted molar refractivity (Wildman–Crippen MR) is 55.8 cm³/mol. The first kappa shape index (κ1) is 10.7. The zero-order valence-electron chi connectivity index (χ0n) is 8.10. The van der Waals surface area contributed by atoms with E-state index in [-0.39, 0.29) is 30.1 Å². The van der Waals surface area contributed by atoms with Crippen LogP contribution in [0.3, 0.4) is 0 Å². The van der Waals surface area contributed by atoms with Crippen molar-refractivity contribution >= 4 is 23.6 Å². The van der Waals surface area contributed by atoms with E-state index in [0.717, 1.165) is 0 Å². The van der Waals surface area contributed by atoms with Crippen LogP contribution in [0.25, 0.3) is 0 Å². The number of amides is 2. The number of carbonyl (C=O) groups excluding carboxylic acids is 1. The summed E-state index contributed by atoms with van der Waals surface area (Å²) in [4.78, 5) is 13.1. The van der Waals surface area contributed by atoms with E-state index >= 15 is 0 Å². The number of nitrogens with one attached hydrogen (secondary N) is 2. The van der Waals surface area contributed by atoms with Gasteiger partial charge in [-0.2, -0.15) is 0 Å². The third kappa shape index (κ3) is 2.24. The maximum atomic E-state index is 11.5. The molecule has 15 heavy (non-hydrogen) atoms. The van der Waals surface area contributed by atoms with Gasteiger partial charge < -0.3 is 9.84 Å². The fraction of sp³-hybridized carbons (Fsp3) is 0.750. The molecule has 0 saturated carbocycles. The lowest BCUT2D eigenvalue weighted by Crippen LogP contribution is -2.54. The van der Waals surface area contributed by atoms with Crippen LogP contribution in [0.4, 0.5) is 4.79 Å². The zero-order valence-corrected chi connectivity index (χ0v) is 8.92. The van der Waals surface area contributed by atoms with Gasteiger partial charge in [-0.05, 0) is 0 Å². The van der Waals surface area contributed by atoms with E-state index in [4.69, 9.17) is 15.3 Å². The highest BCUT2D eigenvalue weighted by atomic mass is 32.2. The van der Waals surface area contributed by atoms with E-state index < -0.39 is 0 Å². The molecule has 2 atom stereocenters. The van der Waals surface area contributed by atoms with Crippen molar-refractivity contribution in [3.05, 3.63) is 0 Å². The fourth-order valence-corrected chi connectivity index (χ4v) is 2.52. The minimum atomic E-state index is -0.282. The van der Waals surface area contributed by atoms with Crippen LogP contribution >= 0.6 is 11.8 Å². The lowest BCUT2D eigenvalue weighted by atomic mass is 10.3. The molecule has 2 fully saturated rings. The minimum Gasteiger partial charge on any atom is -0.393 e. The first-order valence-corrected chi connectivity index (χ1v) is 5.78. The molecule has 0 bridgehead atoms. The molecule has 2 saturated heterocycles. The molecule has 2 aliphatic rings. The number of ether oxygens (including phenoxy) is 1. The Hall–Kier alpha value is -0.790. The summed E-state index contributed by atoms with van der Waals surface area (Å²) in [5.74, 6) is 0.923. The van der Waals surface area contributed by atoms with Gasteiger partial charge in [-0.25, -0.2) is 4.79 Å². The van der Waals surface area contributed by atoms with Crippen LogP contribution in [0.5, 0.6) is 0 Å². The Labute approximate surface area is 91.5 Å². The summed E-state index contributed by atoms with van der Waals surface area (Å²) in [6.07, 6.45) is 0.250. The first-order chi connectivity index (χ1) is 7.20. The lowest BCUT2D eigenvalue weighted by Gasteiger charge is -2.31.